The summed E-state index contributed by atoms with van der Waals surface area (Å²) in [5.74, 6) is 1.46. The zero-order chi connectivity index (χ0) is 13.0. The quantitative estimate of drug-likeness (QED) is 0.841. The van der Waals surface area contributed by atoms with E-state index in [9.17, 15) is 0 Å². The van der Waals surface area contributed by atoms with Crippen molar-refractivity contribution in [2.45, 2.75) is 45.1 Å². The van der Waals surface area contributed by atoms with E-state index >= 15 is 0 Å². The van der Waals surface area contributed by atoms with Crippen LogP contribution in [0.15, 0.2) is 19.0 Å². The Morgan fingerprint density at radius 1 is 1.39 bits per heavy atom. The summed E-state index contributed by atoms with van der Waals surface area (Å²) in [6.07, 6.45) is 9.19. The van der Waals surface area contributed by atoms with Gasteiger partial charge in [-0.05, 0) is 38.0 Å². The van der Waals surface area contributed by atoms with Gasteiger partial charge in [-0.2, -0.15) is 0 Å². The summed E-state index contributed by atoms with van der Waals surface area (Å²) in [7, 11) is 0. The molecule has 0 aromatic carbocycles. The van der Waals surface area contributed by atoms with E-state index in [1.54, 1.807) is 6.33 Å². The third kappa shape index (κ3) is 3.02. The maximum Gasteiger partial charge on any atom is 0.148 e. The highest BCUT2D eigenvalue weighted by Gasteiger charge is 2.20. The van der Waals surface area contributed by atoms with Crippen molar-refractivity contribution >= 4 is 17.4 Å². The van der Waals surface area contributed by atoms with Crippen LogP contribution in [0.3, 0.4) is 0 Å². The molecule has 18 heavy (non-hydrogen) atoms. The Bertz CT molecular complexity index is 412. The van der Waals surface area contributed by atoms with E-state index in [2.05, 4.69) is 27.9 Å². The van der Waals surface area contributed by atoms with Crippen molar-refractivity contribution in [1.82, 2.24) is 9.97 Å². The van der Waals surface area contributed by atoms with Gasteiger partial charge in [0.1, 0.15) is 17.2 Å². The lowest BCUT2D eigenvalue weighted by Gasteiger charge is -2.28. The van der Waals surface area contributed by atoms with Crippen LogP contribution in [0.25, 0.3) is 0 Å². The van der Waals surface area contributed by atoms with E-state index in [1.807, 2.05) is 6.92 Å². The smallest absolute Gasteiger partial charge is 0.148 e. The molecule has 2 rings (SSSR count). The number of hydrogen-bond acceptors (Lipinski definition) is 3. The van der Waals surface area contributed by atoms with Gasteiger partial charge in [-0.1, -0.05) is 24.6 Å². The zero-order valence-electron chi connectivity index (χ0n) is 10.8. The molecule has 1 aliphatic rings. The Hall–Kier alpha value is -1.09. The summed E-state index contributed by atoms with van der Waals surface area (Å²) in [5.41, 5.74) is 0.911. The average Bonchev–Trinajstić information content (AvgIpc) is 2.42. The molecule has 1 saturated carbocycles. The van der Waals surface area contributed by atoms with Gasteiger partial charge in [0.05, 0.1) is 5.69 Å². The van der Waals surface area contributed by atoms with Crippen LogP contribution in [-0.2, 0) is 6.42 Å². The number of aromatic nitrogens is 2. The van der Waals surface area contributed by atoms with Crippen molar-refractivity contribution in [2.24, 2.45) is 5.92 Å². The van der Waals surface area contributed by atoms with Crippen LogP contribution in [0, 0.1) is 5.92 Å². The zero-order valence-corrected chi connectivity index (χ0v) is 11.6. The lowest BCUT2D eigenvalue weighted by Crippen LogP contribution is -2.26. The second-order valence-electron chi connectivity index (χ2n) is 4.83. The Labute approximate surface area is 114 Å². The van der Waals surface area contributed by atoms with Gasteiger partial charge in [-0.25, -0.2) is 9.97 Å². The number of nitrogens with one attached hydrogen (secondary N) is 1. The average molecular weight is 266 g/mol. The minimum absolute atomic E-state index is 0.471. The van der Waals surface area contributed by atoms with E-state index in [1.165, 1.54) is 12.8 Å². The predicted molar refractivity (Wildman–Crippen MR) is 76.0 cm³/mol. The maximum absolute atomic E-state index is 6.28. The van der Waals surface area contributed by atoms with E-state index in [0.29, 0.717) is 17.0 Å². The highest BCUT2D eigenvalue weighted by atomic mass is 35.5. The van der Waals surface area contributed by atoms with E-state index in [4.69, 9.17) is 11.6 Å². The number of halogens is 1. The second-order valence-corrected chi connectivity index (χ2v) is 5.21. The molecule has 1 fully saturated rings. The minimum Gasteiger partial charge on any atom is -0.366 e. The molecule has 0 spiro atoms. The Morgan fingerprint density at radius 3 is 2.72 bits per heavy atom. The van der Waals surface area contributed by atoms with Crippen LogP contribution in [0.4, 0.5) is 5.82 Å². The third-order valence-corrected chi connectivity index (χ3v) is 4.04. The van der Waals surface area contributed by atoms with Crippen molar-refractivity contribution in [2.75, 3.05) is 5.32 Å². The van der Waals surface area contributed by atoms with E-state index in [-0.39, 0.29) is 0 Å². The first-order chi connectivity index (χ1) is 8.74. The van der Waals surface area contributed by atoms with Crippen molar-refractivity contribution in [1.29, 1.82) is 0 Å². The van der Waals surface area contributed by atoms with Crippen LogP contribution in [0.2, 0.25) is 5.02 Å². The SMILES string of the molecule is C=C[C@H]1CC[C@@H](Nc2ncnc(CC)c2Cl)CC1. The largest absolute Gasteiger partial charge is 0.366 e. The van der Waals surface area contributed by atoms with E-state index < -0.39 is 0 Å². The van der Waals surface area contributed by atoms with Gasteiger partial charge in [-0.3, -0.25) is 0 Å². The normalized spacial score (nSPS) is 23.7. The van der Waals surface area contributed by atoms with Crippen molar-refractivity contribution in [3.63, 3.8) is 0 Å². The Balaban J connectivity index is 2.00. The molecule has 0 amide bonds. The van der Waals surface area contributed by atoms with Crippen molar-refractivity contribution in [3.05, 3.63) is 29.7 Å². The van der Waals surface area contributed by atoms with Gasteiger partial charge in [0.25, 0.3) is 0 Å². The molecule has 1 heterocycles. The monoisotopic (exact) mass is 265 g/mol. The summed E-state index contributed by atoms with van der Waals surface area (Å²) in [4.78, 5) is 8.43. The first kappa shape index (κ1) is 13.3. The van der Waals surface area contributed by atoms with Gasteiger partial charge in [0.2, 0.25) is 0 Å². The molecule has 0 aliphatic heterocycles. The highest BCUT2D eigenvalue weighted by Crippen LogP contribution is 2.29. The molecule has 1 aliphatic carbocycles. The van der Waals surface area contributed by atoms with Crippen LogP contribution < -0.4 is 5.32 Å². The molecule has 0 unspecified atom stereocenters. The molecule has 98 valence electrons. The molecule has 1 aromatic rings. The first-order valence-electron chi connectivity index (χ1n) is 6.63. The van der Waals surface area contributed by atoms with Gasteiger partial charge in [0.15, 0.2) is 0 Å². The molecular formula is C14H20ClN3. The van der Waals surface area contributed by atoms with Gasteiger partial charge < -0.3 is 5.32 Å². The Morgan fingerprint density at radius 2 is 2.11 bits per heavy atom. The molecule has 0 radical (unpaired) electrons. The summed E-state index contributed by atoms with van der Waals surface area (Å²) >= 11 is 6.28. The molecule has 3 nitrogen and oxygen atoms in total. The van der Waals surface area contributed by atoms with Gasteiger partial charge in [0, 0.05) is 6.04 Å². The van der Waals surface area contributed by atoms with Crippen LogP contribution >= 0.6 is 11.6 Å². The lowest BCUT2D eigenvalue weighted by atomic mass is 9.86. The van der Waals surface area contributed by atoms with Crippen molar-refractivity contribution in [3.8, 4) is 0 Å². The van der Waals surface area contributed by atoms with Gasteiger partial charge in [-0.15, -0.1) is 6.58 Å². The molecule has 0 saturated heterocycles. The summed E-state index contributed by atoms with van der Waals surface area (Å²) in [6.45, 7) is 5.92. The second kappa shape index (κ2) is 6.19. The lowest BCUT2D eigenvalue weighted by molar-refractivity contribution is 0.391. The topological polar surface area (TPSA) is 37.8 Å². The first-order valence-corrected chi connectivity index (χ1v) is 7.00. The maximum atomic E-state index is 6.28. The fourth-order valence-electron chi connectivity index (χ4n) is 2.45. The minimum atomic E-state index is 0.471. The fraction of sp³-hybridized carbons (Fsp3) is 0.571. The number of aryl methyl sites for hydroxylation is 1. The van der Waals surface area contributed by atoms with Crippen molar-refractivity contribution < 1.29 is 0 Å². The summed E-state index contributed by atoms with van der Waals surface area (Å²) in [5, 5.41) is 4.12. The van der Waals surface area contributed by atoms with Crippen LogP contribution in [-0.4, -0.2) is 16.0 Å². The number of hydrogen-bond donors (Lipinski definition) is 1. The van der Waals surface area contributed by atoms with Crippen LogP contribution in [0.1, 0.15) is 38.3 Å². The molecule has 4 heteroatoms. The predicted octanol–water partition coefficient (Wildman–Crippen LogP) is 3.85. The van der Waals surface area contributed by atoms with E-state index in [0.717, 1.165) is 30.8 Å². The number of allylic oxidation sites excluding steroid dienone is 1. The number of anilines is 1. The summed E-state index contributed by atoms with van der Waals surface area (Å²) in [6, 6.07) is 0.471. The fourth-order valence-corrected chi connectivity index (χ4v) is 2.73. The Kier molecular flexibility index (Phi) is 4.59. The molecule has 1 aromatic heterocycles. The van der Waals surface area contributed by atoms with Crippen LogP contribution in [0.5, 0.6) is 0 Å². The molecular weight excluding hydrogens is 246 g/mol. The number of nitrogens with zero attached hydrogens (tertiary/aromatic N) is 2. The standard InChI is InChI=1S/C14H20ClN3/c1-3-10-5-7-11(8-6-10)18-14-13(15)12(4-2)16-9-17-14/h3,9-11H,1,4-8H2,2H3,(H,16,17,18)/t10-,11+. The van der Waals surface area contributed by atoms with Gasteiger partial charge >= 0.3 is 0 Å². The number of rotatable bonds is 4. The highest BCUT2D eigenvalue weighted by molar-refractivity contribution is 6.33. The molecule has 1 N–H and O–H groups in total. The summed E-state index contributed by atoms with van der Waals surface area (Å²) < 4.78 is 0. The molecule has 0 bridgehead atoms. The molecule has 0 atom stereocenters. The third-order valence-electron chi connectivity index (χ3n) is 3.64.